The Labute approximate surface area is 168 Å². The van der Waals surface area contributed by atoms with Gasteiger partial charge in [-0.15, -0.1) is 11.3 Å². The van der Waals surface area contributed by atoms with Crippen LogP contribution in [-0.4, -0.2) is 36.6 Å². The van der Waals surface area contributed by atoms with E-state index in [0.29, 0.717) is 24.5 Å². The molecule has 3 aromatic rings. The molecule has 0 radical (unpaired) electrons. The van der Waals surface area contributed by atoms with Gasteiger partial charge in [-0.2, -0.15) is 0 Å². The highest BCUT2D eigenvalue weighted by Gasteiger charge is 2.13. The number of hydrogen-bond donors (Lipinski definition) is 1. The Kier molecular flexibility index (Phi) is 6.60. The average Bonchev–Trinajstić information content (AvgIpc) is 3.08. The van der Waals surface area contributed by atoms with E-state index in [-0.39, 0.29) is 5.91 Å². The van der Waals surface area contributed by atoms with Crippen molar-refractivity contribution in [3.8, 4) is 22.1 Å². The monoisotopic (exact) mass is 397 g/mol. The number of carbonyl (C=O) groups excluding carboxylic acids is 1. The van der Waals surface area contributed by atoms with Gasteiger partial charge in [0.25, 0.3) is 0 Å². The number of rotatable bonds is 8. The minimum absolute atomic E-state index is 0.00601. The average molecular weight is 398 g/mol. The Morgan fingerprint density at radius 3 is 2.57 bits per heavy atom. The molecule has 0 saturated carbocycles. The molecule has 7 heteroatoms. The molecule has 0 aliphatic rings. The number of amides is 1. The van der Waals surface area contributed by atoms with Crippen molar-refractivity contribution in [2.45, 2.75) is 19.8 Å². The second-order valence-electron chi connectivity index (χ2n) is 6.23. The Morgan fingerprint density at radius 2 is 1.86 bits per heavy atom. The fraction of sp³-hybridized carbons (Fsp3) is 0.286. The highest BCUT2D eigenvalue weighted by atomic mass is 32.1. The van der Waals surface area contributed by atoms with E-state index in [0.717, 1.165) is 33.1 Å². The number of ether oxygens (including phenoxy) is 2. The summed E-state index contributed by atoms with van der Waals surface area (Å²) in [7, 11) is 3.22. The van der Waals surface area contributed by atoms with Crippen molar-refractivity contribution in [2.24, 2.45) is 0 Å². The number of nitrogens with one attached hydrogen (secondary N) is 1. The second-order valence-corrected chi connectivity index (χ2v) is 7.31. The predicted molar refractivity (Wildman–Crippen MR) is 110 cm³/mol. The highest BCUT2D eigenvalue weighted by Crippen LogP contribution is 2.28. The maximum atomic E-state index is 12.3. The number of thiazole rings is 1. The van der Waals surface area contributed by atoms with E-state index < -0.39 is 0 Å². The number of nitrogens with zero attached hydrogens (tertiary/aromatic N) is 2. The number of aromatic nitrogens is 2. The van der Waals surface area contributed by atoms with Crippen LogP contribution in [0.5, 0.6) is 11.5 Å². The molecule has 146 valence electrons. The van der Waals surface area contributed by atoms with Crippen LogP contribution < -0.4 is 14.8 Å². The normalized spacial score (nSPS) is 10.5. The van der Waals surface area contributed by atoms with Gasteiger partial charge >= 0.3 is 0 Å². The molecule has 0 spiro atoms. The van der Waals surface area contributed by atoms with Crippen molar-refractivity contribution in [2.75, 3.05) is 20.8 Å². The first-order valence-electron chi connectivity index (χ1n) is 8.95. The lowest BCUT2D eigenvalue weighted by Crippen LogP contribution is -2.27. The smallest absolute Gasteiger partial charge is 0.225 e. The van der Waals surface area contributed by atoms with Gasteiger partial charge in [-0.1, -0.05) is 6.07 Å². The molecule has 0 aliphatic carbocycles. The second kappa shape index (κ2) is 9.32. The lowest BCUT2D eigenvalue weighted by atomic mass is 10.1. The number of pyridine rings is 1. The first kappa shape index (κ1) is 19.8. The fourth-order valence-corrected chi connectivity index (χ4v) is 3.87. The molecule has 0 unspecified atom stereocenters. The van der Waals surface area contributed by atoms with Gasteiger partial charge in [0.15, 0.2) is 11.5 Å². The van der Waals surface area contributed by atoms with Crippen molar-refractivity contribution in [1.82, 2.24) is 15.3 Å². The van der Waals surface area contributed by atoms with E-state index in [1.807, 2.05) is 37.3 Å². The van der Waals surface area contributed by atoms with E-state index in [4.69, 9.17) is 9.47 Å². The zero-order valence-electron chi connectivity index (χ0n) is 16.2. The quantitative estimate of drug-likeness (QED) is 0.630. The van der Waals surface area contributed by atoms with E-state index >= 15 is 0 Å². The van der Waals surface area contributed by atoms with Gasteiger partial charge in [-0.3, -0.25) is 9.78 Å². The zero-order chi connectivity index (χ0) is 19.9. The molecule has 1 aromatic carbocycles. The van der Waals surface area contributed by atoms with Gasteiger partial charge in [0.1, 0.15) is 5.01 Å². The van der Waals surface area contributed by atoms with Gasteiger partial charge < -0.3 is 14.8 Å². The maximum Gasteiger partial charge on any atom is 0.225 e. The van der Waals surface area contributed by atoms with Crippen molar-refractivity contribution in [1.29, 1.82) is 0 Å². The summed E-state index contributed by atoms with van der Waals surface area (Å²) in [5.41, 5.74) is 2.99. The summed E-state index contributed by atoms with van der Waals surface area (Å²) in [6.07, 6.45) is 4.54. The SMILES string of the molecule is COc1ccc(CCNC(=O)Cc2sc(-c3ccncc3)nc2C)cc1OC. The molecule has 0 saturated heterocycles. The lowest BCUT2D eigenvalue weighted by molar-refractivity contribution is -0.120. The lowest BCUT2D eigenvalue weighted by Gasteiger charge is -2.10. The third kappa shape index (κ3) is 4.86. The van der Waals surface area contributed by atoms with Gasteiger partial charge in [-0.25, -0.2) is 4.98 Å². The number of carbonyl (C=O) groups is 1. The molecule has 0 fully saturated rings. The fourth-order valence-electron chi connectivity index (χ4n) is 2.80. The third-order valence-corrected chi connectivity index (χ3v) is 5.53. The van der Waals surface area contributed by atoms with Crippen LogP contribution >= 0.6 is 11.3 Å². The number of methoxy groups -OCH3 is 2. The van der Waals surface area contributed by atoms with Crippen LogP contribution in [0.3, 0.4) is 0 Å². The Balaban J connectivity index is 1.54. The van der Waals surface area contributed by atoms with E-state index in [9.17, 15) is 4.79 Å². The van der Waals surface area contributed by atoms with Crippen LogP contribution in [0.1, 0.15) is 16.1 Å². The first-order valence-corrected chi connectivity index (χ1v) is 9.76. The van der Waals surface area contributed by atoms with Crippen molar-refractivity contribution < 1.29 is 14.3 Å². The number of hydrogen-bond acceptors (Lipinski definition) is 6. The van der Waals surface area contributed by atoms with Crippen LogP contribution in [0.25, 0.3) is 10.6 Å². The zero-order valence-corrected chi connectivity index (χ0v) is 17.0. The molecular formula is C21H23N3O3S. The van der Waals surface area contributed by atoms with Crippen molar-refractivity contribution >= 4 is 17.2 Å². The van der Waals surface area contributed by atoms with Crippen LogP contribution in [0.4, 0.5) is 0 Å². The van der Waals surface area contributed by atoms with Gasteiger partial charge in [0.05, 0.1) is 26.3 Å². The minimum atomic E-state index is -0.00601. The summed E-state index contributed by atoms with van der Waals surface area (Å²) in [6, 6.07) is 9.62. The summed E-state index contributed by atoms with van der Waals surface area (Å²) in [5.74, 6) is 1.38. The van der Waals surface area contributed by atoms with E-state index in [2.05, 4.69) is 15.3 Å². The van der Waals surface area contributed by atoms with Crippen LogP contribution in [0.15, 0.2) is 42.7 Å². The largest absolute Gasteiger partial charge is 0.493 e. The molecule has 2 aromatic heterocycles. The molecular weight excluding hydrogens is 374 g/mol. The minimum Gasteiger partial charge on any atom is -0.493 e. The number of benzene rings is 1. The molecule has 0 bridgehead atoms. The van der Waals surface area contributed by atoms with Crippen molar-refractivity contribution in [3.05, 3.63) is 58.9 Å². The molecule has 2 heterocycles. The Bertz CT molecular complexity index is 941. The molecule has 0 atom stereocenters. The summed E-state index contributed by atoms with van der Waals surface area (Å²) in [5, 5.41) is 3.89. The van der Waals surface area contributed by atoms with Crippen LogP contribution in [0.2, 0.25) is 0 Å². The van der Waals surface area contributed by atoms with E-state index in [1.165, 1.54) is 0 Å². The predicted octanol–water partition coefficient (Wildman–Crippen LogP) is 3.43. The number of aryl methyl sites for hydroxylation is 1. The van der Waals surface area contributed by atoms with Crippen LogP contribution in [-0.2, 0) is 17.6 Å². The Hall–Kier alpha value is -2.93. The topological polar surface area (TPSA) is 73.3 Å². The van der Waals surface area contributed by atoms with Crippen LogP contribution in [0, 0.1) is 6.92 Å². The van der Waals surface area contributed by atoms with Gasteiger partial charge in [0.2, 0.25) is 5.91 Å². The molecule has 6 nitrogen and oxygen atoms in total. The molecule has 1 amide bonds. The molecule has 3 rings (SSSR count). The van der Waals surface area contributed by atoms with Crippen molar-refractivity contribution in [3.63, 3.8) is 0 Å². The molecule has 0 aliphatic heterocycles. The summed E-state index contributed by atoms with van der Waals surface area (Å²) >= 11 is 1.55. The maximum absolute atomic E-state index is 12.3. The molecule has 1 N–H and O–H groups in total. The summed E-state index contributed by atoms with van der Waals surface area (Å²) in [4.78, 5) is 21.9. The van der Waals surface area contributed by atoms with Gasteiger partial charge in [0, 0.05) is 29.4 Å². The first-order chi connectivity index (χ1) is 13.6. The van der Waals surface area contributed by atoms with E-state index in [1.54, 1.807) is 38.0 Å². The molecule has 28 heavy (non-hydrogen) atoms. The summed E-state index contributed by atoms with van der Waals surface area (Å²) in [6.45, 7) is 2.50. The third-order valence-electron chi connectivity index (χ3n) is 4.32. The Morgan fingerprint density at radius 1 is 1.11 bits per heavy atom. The standard InChI is InChI=1S/C21H23N3O3S/c1-14-19(28-21(24-14)16-7-9-22-10-8-16)13-20(25)23-11-6-15-4-5-17(26-2)18(12-15)27-3/h4-5,7-10,12H,6,11,13H2,1-3H3,(H,23,25). The summed E-state index contributed by atoms with van der Waals surface area (Å²) < 4.78 is 10.6. The van der Waals surface area contributed by atoms with Gasteiger partial charge in [-0.05, 0) is 43.2 Å². The highest BCUT2D eigenvalue weighted by molar-refractivity contribution is 7.15.